The first-order chi connectivity index (χ1) is 9.08. The molecular weight excluding hydrogens is 240 g/mol. The van der Waals surface area contributed by atoms with Gasteiger partial charge < -0.3 is 9.64 Å². The largest absolute Gasteiger partial charge is 0.377 e. The van der Waals surface area contributed by atoms with Crippen molar-refractivity contribution in [1.82, 2.24) is 4.90 Å². The normalized spacial score (nSPS) is 10.9. The molecule has 0 aliphatic heterocycles. The fourth-order valence-corrected chi connectivity index (χ4v) is 1.51. The first-order valence-corrected chi connectivity index (χ1v) is 5.88. The molecule has 0 heterocycles. The van der Waals surface area contributed by atoms with Crippen molar-refractivity contribution in [1.29, 1.82) is 5.26 Å². The average Bonchev–Trinajstić information content (AvgIpc) is 2.42. The summed E-state index contributed by atoms with van der Waals surface area (Å²) in [7, 11) is 3.23. The number of rotatable bonds is 5. The van der Waals surface area contributed by atoms with Crippen LogP contribution in [0, 0.1) is 18.3 Å². The molecule has 0 unspecified atom stereocenters. The Bertz CT molecular complexity index is 513. The van der Waals surface area contributed by atoms with Crippen LogP contribution in [-0.4, -0.2) is 31.5 Å². The standard InChI is InChI=1S/C15H17N2O2/c1-4-19-11-13-7-5-6-12(8-13)9-14(10-16)15(18)17(2)3/h5-9H,1,4,11H2,2-3H3. The topological polar surface area (TPSA) is 53.3 Å². The van der Waals surface area contributed by atoms with Gasteiger partial charge in [0.2, 0.25) is 0 Å². The highest BCUT2D eigenvalue weighted by Crippen LogP contribution is 2.11. The van der Waals surface area contributed by atoms with Gasteiger partial charge in [-0.1, -0.05) is 18.2 Å². The lowest BCUT2D eigenvalue weighted by Gasteiger charge is -2.09. The van der Waals surface area contributed by atoms with Crippen LogP contribution in [-0.2, 0) is 16.1 Å². The Morgan fingerprint density at radius 3 is 2.84 bits per heavy atom. The first-order valence-electron chi connectivity index (χ1n) is 5.88. The summed E-state index contributed by atoms with van der Waals surface area (Å²) >= 11 is 0. The summed E-state index contributed by atoms with van der Waals surface area (Å²) in [4.78, 5) is 13.1. The van der Waals surface area contributed by atoms with Crippen LogP contribution in [0.4, 0.5) is 0 Å². The molecule has 0 atom stereocenters. The molecule has 0 aliphatic carbocycles. The van der Waals surface area contributed by atoms with Crippen molar-refractivity contribution in [2.24, 2.45) is 0 Å². The van der Waals surface area contributed by atoms with Gasteiger partial charge in [-0.25, -0.2) is 0 Å². The van der Waals surface area contributed by atoms with Crippen molar-refractivity contribution in [3.8, 4) is 6.07 Å². The highest BCUT2D eigenvalue weighted by molar-refractivity contribution is 6.01. The Hall–Kier alpha value is -2.12. The number of carbonyl (C=O) groups is 1. The van der Waals surface area contributed by atoms with Crippen molar-refractivity contribution >= 4 is 12.0 Å². The van der Waals surface area contributed by atoms with Gasteiger partial charge in [-0.15, -0.1) is 0 Å². The van der Waals surface area contributed by atoms with Gasteiger partial charge in [0.15, 0.2) is 0 Å². The lowest BCUT2D eigenvalue weighted by Crippen LogP contribution is -2.22. The molecule has 1 radical (unpaired) electrons. The van der Waals surface area contributed by atoms with Gasteiger partial charge >= 0.3 is 0 Å². The van der Waals surface area contributed by atoms with E-state index in [2.05, 4.69) is 6.92 Å². The summed E-state index contributed by atoms with van der Waals surface area (Å²) in [5.41, 5.74) is 1.89. The van der Waals surface area contributed by atoms with Gasteiger partial charge in [0.25, 0.3) is 5.91 Å². The van der Waals surface area contributed by atoms with Crippen molar-refractivity contribution in [3.05, 3.63) is 47.9 Å². The predicted molar refractivity (Wildman–Crippen MR) is 73.7 cm³/mol. The maximum Gasteiger partial charge on any atom is 0.264 e. The second kappa shape index (κ2) is 7.34. The quantitative estimate of drug-likeness (QED) is 0.599. The predicted octanol–water partition coefficient (Wildman–Crippen LogP) is 2.03. The average molecular weight is 257 g/mol. The summed E-state index contributed by atoms with van der Waals surface area (Å²) in [6.07, 6.45) is 1.58. The molecule has 19 heavy (non-hydrogen) atoms. The molecule has 1 aromatic carbocycles. The molecule has 0 bridgehead atoms. The second-order valence-electron chi connectivity index (χ2n) is 4.17. The third kappa shape index (κ3) is 4.57. The minimum absolute atomic E-state index is 0.111. The molecule has 0 saturated heterocycles. The number of nitrogens with zero attached hydrogens (tertiary/aromatic N) is 2. The number of carbonyl (C=O) groups excluding carboxylic acids is 1. The van der Waals surface area contributed by atoms with Gasteiger partial charge in [0.1, 0.15) is 11.6 Å². The van der Waals surface area contributed by atoms with Crippen LogP contribution in [0.25, 0.3) is 6.08 Å². The van der Waals surface area contributed by atoms with E-state index in [1.165, 1.54) is 4.90 Å². The fourth-order valence-electron chi connectivity index (χ4n) is 1.51. The van der Waals surface area contributed by atoms with E-state index < -0.39 is 0 Å². The molecule has 1 rings (SSSR count). The highest BCUT2D eigenvalue weighted by Gasteiger charge is 2.10. The van der Waals surface area contributed by atoms with Gasteiger partial charge in [-0.3, -0.25) is 4.79 Å². The SMILES string of the molecule is [CH2]COCc1cccc(C=C(C#N)C(=O)N(C)C)c1. The lowest BCUT2D eigenvalue weighted by molar-refractivity contribution is -0.124. The number of hydrogen-bond donors (Lipinski definition) is 0. The Balaban J connectivity index is 2.96. The Morgan fingerprint density at radius 1 is 1.53 bits per heavy atom. The molecule has 4 nitrogen and oxygen atoms in total. The summed E-state index contributed by atoms with van der Waals surface area (Å²) < 4.78 is 5.22. The van der Waals surface area contributed by atoms with Crippen LogP contribution in [0.2, 0.25) is 0 Å². The summed E-state index contributed by atoms with van der Waals surface area (Å²) in [5.74, 6) is -0.304. The summed E-state index contributed by atoms with van der Waals surface area (Å²) in [6, 6.07) is 9.44. The Morgan fingerprint density at radius 2 is 2.26 bits per heavy atom. The molecule has 0 aromatic heterocycles. The molecule has 0 aliphatic rings. The zero-order valence-electron chi connectivity index (χ0n) is 11.2. The fraction of sp³-hybridized carbons (Fsp3) is 0.267. The van der Waals surface area contributed by atoms with Crippen LogP contribution < -0.4 is 0 Å². The molecule has 0 fully saturated rings. The zero-order chi connectivity index (χ0) is 14.3. The maximum atomic E-state index is 11.7. The number of benzene rings is 1. The molecule has 1 aromatic rings. The van der Waals surface area contributed by atoms with Crippen molar-refractivity contribution in [2.45, 2.75) is 6.61 Å². The summed E-state index contributed by atoms with van der Waals surface area (Å²) in [6.45, 7) is 4.47. The molecular formula is C15H17N2O2. The van der Waals surface area contributed by atoms with E-state index >= 15 is 0 Å². The summed E-state index contributed by atoms with van der Waals surface area (Å²) in [5, 5.41) is 9.02. The highest BCUT2D eigenvalue weighted by atomic mass is 16.5. The van der Waals surface area contributed by atoms with Crippen LogP contribution in [0.3, 0.4) is 0 Å². The van der Waals surface area contributed by atoms with E-state index in [-0.39, 0.29) is 11.5 Å². The Kier molecular flexibility index (Phi) is 5.77. The Labute approximate surface area is 113 Å². The molecule has 4 heteroatoms. The van der Waals surface area contributed by atoms with Crippen LogP contribution in [0.5, 0.6) is 0 Å². The van der Waals surface area contributed by atoms with Crippen molar-refractivity contribution in [3.63, 3.8) is 0 Å². The van der Waals surface area contributed by atoms with Crippen molar-refractivity contribution in [2.75, 3.05) is 20.7 Å². The van der Waals surface area contributed by atoms with E-state index in [4.69, 9.17) is 10.00 Å². The van der Waals surface area contributed by atoms with E-state index in [1.807, 2.05) is 30.3 Å². The minimum atomic E-state index is -0.304. The number of hydrogen-bond acceptors (Lipinski definition) is 3. The van der Waals surface area contributed by atoms with E-state index in [0.717, 1.165) is 11.1 Å². The van der Waals surface area contributed by atoms with E-state index in [9.17, 15) is 4.79 Å². The molecule has 99 valence electrons. The van der Waals surface area contributed by atoms with Crippen LogP contribution in [0.15, 0.2) is 29.8 Å². The number of likely N-dealkylation sites (N-methyl/N-ethyl adjacent to an activating group) is 1. The van der Waals surface area contributed by atoms with E-state index in [1.54, 1.807) is 20.2 Å². The van der Waals surface area contributed by atoms with Gasteiger partial charge in [0, 0.05) is 20.7 Å². The van der Waals surface area contributed by atoms with Gasteiger partial charge in [-0.2, -0.15) is 5.26 Å². The minimum Gasteiger partial charge on any atom is -0.377 e. The van der Waals surface area contributed by atoms with Crippen LogP contribution in [0.1, 0.15) is 11.1 Å². The number of amides is 1. The number of ether oxygens (including phenoxy) is 1. The van der Waals surface area contributed by atoms with Crippen molar-refractivity contribution < 1.29 is 9.53 Å². The van der Waals surface area contributed by atoms with Gasteiger partial charge in [-0.05, 0) is 30.2 Å². The van der Waals surface area contributed by atoms with Crippen LogP contribution >= 0.6 is 0 Å². The zero-order valence-corrected chi connectivity index (χ0v) is 11.2. The third-order valence-corrected chi connectivity index (χ3v) is 2.43. The smallest absolute Gasteiger partial charge is 0.264 e. The third-order valence-electron chi connectivity index (χ3n) is 2.43. The maximum absolute atomic E-state index is 11.7. The molecule has 0 saturated carbocycles. The number of nitriles is 1. The monoisotopic (exact) mass is 257 g/mol. The molecule has 1 amide bonds. The molecule has 0 N–H and O–H groups in total. The second-order valence-corrected chi connectivity index (χ2v) is 4.17. The molecule has 0 spiro atoms. The first kappa shape index (κ1) is 14.9. The van der Waals surface area contributed by atoms with Gasteiger partial charge in [0.05, 0.1) is 6.61 Å². The van der Waals surface area contributed by atoms with E-state index in [0.29, 0.717) is 13.2 Å². The lowest BCUT2D eigenvalue weighted by atomic mass is 10.1.